The largest absolute Gasteiger partial charge is 0.383 e. The molecule has 20 heavy (non-hydrogen) atoms. The first-order valence-electron chi connectivity index (χ1n) is 5.59. The van der Waals surface area contributed by atoms with E-state index < -0.39 is 10.8 Å². The molecule has 2 heterocycles. The average Bonchev–Trinajstić information content (AvgIpc) is 2.47. The van der Waals surface area contributed by atoms with E-state index in [1.54, 1.807) is 18.2 Å². The molecule has 0 saturated heterocycles. The number of hydrogen-bond donors (Lipinski definition) is 1. The zero-order valence-corrected chi connectivity index (χ0v) is 10.6. The predicted molar refractivity (Wildman–Crippen MR) is 72.3 cm³/mol. The Labute approximate surface area is 114 Å². The van der Waals surface area contributed by atoms with Crippen molar-refractivity contribution in [2.75, 3.05) is 17.7 Å². The molecule has 0 radical (unpaired) electrons. The summed E-state index contributed by atoms with van der Waals surface area (Å²) in [6, 6.07) is 6.18. The molecule has 8 nitrogen and oxygen atoms in total. The first kappa shape index (κ1) is 13.4. The van der Waals surface area contributed by atoms with Crippen LogP contribution >= 0.6 is 0 Å². The Morgan fingerprint density at radius 3 is 2.75 bits per heavy atom. The van der Waals surface area contributed by atoms with Crippen molar-refractivity contribution in [1.29, 1.82) is 0 Å². The van der Waals surface area contributed by atoms with Gasteiger partial charge in [0.25, 0.3) is 11.6 Å². The Balaban J connectivity index is 2.38. The number of carbonyl (C=O) groups is 1. The molecule has 2 rings (SSSR count). The summed E-state index contributed by atoms with van der Waals surface area (Å²) in [6.45, 7) is 0. The zero-order valence-electron chi connectivity index (χ0n) is 10.6. The summed E-state index contributed by atoms with van der Waals surface area (Å²) in [7, 11) is 1.50. The van der Waals surface area contributed by atoms with E-state index >= 15 is 0 Å². The van der Waals surface area contributed by atoms with Crippen LogP contribution in [0.4, 0.5) is 17.3 Å². The zero-order chi connectivity index (χ0) is 14.7. The number of aromatic nitrogens is 2. The molecule has 0 unspecified atom stereocenters. The molecule has 0 spiro atoms. The molecular weight excluding hydrogens is 262 g/mol. The number of anilines is 2. The highest BCUT2D eigenvalue weighted by Crippen LogP contribution is 2.20. The molecule has 0 saturated carbocycles. The highest BCUT2D eigenvalue weighted by Gasteiger charge is 2.21. The van der Waals surface area contributed by atoms with Gasteiger partial charge in [-0.3, -0.25) is 19.8 Å². The fourth-order valence-electron chi connectivity index (χ4n) is 1.57. The summed E-state index contributed by atoms with van der Waals surface area (Å²) in [4.78, 5) is 31.3. The monoisotopic (exact) mass is 273 g/mol. The molecule has 2 aromatic heterocycles. The normalized spacial score (nSPS) is 10.1. The number of pyridine rings is 2. The van der Waals surface area contributed by atoms with Crippen molar-refractivity contribution < 1.29 is 9.72 Å². The number of hydrogen-bond acceptors (Lipinski definition) is 6. The van der Waals surface area contributed by atoms with Crippen LogP contribution in [0.25, 0.3) is 0 Å². The Kier molecular flexibility index (Phi) is 3.56. The number of nitrogen functional groups attached to an aromatic ring is 1. The van der Waals surface area contributed by atoms with Crippen LogP contribution in [-0.4, -0.2) is 27.8 Å². The van der Waals surface area contributed by atoms with Gasteiger partial charge in [-0.15, -0.1) is 0 Å². The molecule has 0 bridgehead atoms. The maximum absolute atomic E-state index is 12.3. The predicted octanol–water partition coefficient (Wildman–Crippen LogP) is 1.24. The summed E-state index contributed by atoms with van der Waals surface area (Å²) in [5.41, 5.74) is 5.28. The number of rotatable bonds is 3. The number of carbonyl (C=O) groups excluding carboxylic acids is 1. The maximum atomic E-state index is 12.3. The van der Waals surface area contributed by atoms with Gasteiger partial charge in [-0.1, -0.05) is 6.07 Å². The lowest BCUT2D eigenvalue weighted by molar-refractivity contribution is -0.385. The van der Waals surface area contributed by atoms with Crippen LogP contribution in [0.2, 0.25) is 0 Å². The summed E-state index contributed by atoms with van der Waals surface area (Å²) in [6.07, 6.45) is 2.54. The molecule has 102 valence electrons. The van der Waals surface area contributed by atoms with E-state index in [-0.39, 0.29) is 17.1 Å². The standard InChI is InChI=1S/C12H11N5O3/c1-16(10-4-2-3-5-14-10)12(18)9-6-8(17(19)20)7-15-11(9)13/h2-7H,1H3,(H2,13,15). The molecule has 2 N–H and O–H groups in total. The minimum Gasteiger partial charge on any atom is -0.383 e. The molecular formula is C12H11N5O3. The van der Waals surface area contributed by atoms with E-state index in [2.05, 4.69) is 9.97 Å². The maximum Gasteiger partial charge on any atom is 0.288 e. The van der Waals surface area contributed by atoms with Gasteiger partial charge in [-0.25, -0.2) is 9.97 Å². The SMILES string of the molecule is CN(C(=O)c1cc([N+](=O)[O-])cnc1N)c1ccccn1. The molecule has 8 heteroatoms. The van der Waals surface area contributed by atoms with Gasteiger partial charge in [0.2, 0.25) is 0 Å². The van der Waals surface area contributed by atoms with Crippen LogP contribution < -0.4 is 10.6 Å². The first-order chi connectivity index (χ1) is 9.50. The third-order valence-electron chi connectivity index (χ3n) is 2.64. The summed E-state index contributed by atoms with van der Waals surface area (Å²) < 4.78 is 0. The second-order valence-corrected chi connectivity index (χ2v) is 3.94. The van der Waals surface area contributed by atoms with Gasteiger partial charge >= 0.3 is 0 Å². The molecule has 0 fully saturated rings. The van der Waals surface area contributed by atoms with E-state index in [0.717, 1.165) is 12.3 Å². The summed E-state index contributed by atoms with van der Waals surface area (Å²) >= 11 is 0. The van der Waals surface area contributed by atoms with Gasteiger partial charge in [0, 0.05) is 19.3 Å². The fourth-order valence-corrected chi connectivity index (χ4v) is 1.57. The lowest BCUT2D eigenvalue weighted by atomic mass is 10.2. The van der Waals surface area contributed by atoms with Gasteiger partial charge in [0.05, 0.1) is 10.5 Å². The molecule has 2 aromatic rings. The second-order valence-electron chi connectivity index (χ2n) is 3.94. The number of nitrogens with zero attached hydrogens (tertiary/aromatic N) is 4. The summed E-state index contributed by atoms with van der Waals surface area (Å²) in [5.74, 6) is -0.177. The second kappa shape index (κ2) is 5.31. The van der Waals surface area contributed by atoms with Gasteiger partial charge in [0.15, 0.2) is 0 Å². The van der Waals surface area contributed by atoms with Crippen molar-refractivity contribution in [2.45, 2.75) is 0 Å². The molecule has 0 atom stereocenters. The highest BCUT2D eigenvalue weighted by atomic mass is 16.6. The van der Waals surface area contributed by atoms with Crippen LogP contribution in [0.1, 0.15) is 10.4 Å². The first-order valence-corrected chi connectivity index (χ1v) is 5.59. The van der Waals surface area contributed by atoms with Crippen molar-refractivity contribution in [3.8, 4) is 0 Å². The lowest BCUT2D eigenvalue weighted by Crippen LogP contribution is -2.28. The average molecular weight is 273 g/mol. The molecule has 0 aliphatic heterocycles. The Morgan fingerprint density at radius 1 is 1.40 bits per heavy atom. The van der Waals surface area contributed by atoms with Crippen LogP contribution in [0.15, 0.2) is 36.7 Å². The van der Waals surface area contributed by atoms with Gasteiger partial charge < -0.3 is 5.73 Å². The van der Waals surface area contributed by atoms with Crippen molar-refractivity contribution >= 4 is 23.2 Å². The van der Waals surface area contributed by atoms with Crippen LogP contribution in [-0.2, 0) is 0 Å². The summed E-state index contributed by atoms with van der Waals surface area (Å²) in [5, 5.41) is 10.7. The van der Waals surface area contributed by atoms with E-state index in [1.165, 1.54) is 18.1 Å². The van der Waals surface area contributed by atoms with Gasteiger partial charge in [-0.2, -0.15) is 0 Å². The molecule has 1 amide bonds. The van der Waals surface area contributed by atoms with E-state index in [9.17, 15) is 14.9 Å². The minimum atomic E-state index is -0.635. The van der Waals surface area contributed by atoms with Gasteiger partial charge in [-0.05, 0) is 12.1 Å². The smallest absolute Gasteiger partial charge is 0.288 e. The van der Waals surface area contributed by atoms with Crippen LogP contribution in [0, 0.1) is 10.1 Å². The lowest BCUT2D eigenvalue weighted by Gasteiger charge is -2.16. The van der Waals surface area contributed by atoms with Crippen molar-refractivity contribution in [3.05, 3.63) is 52.3 Å². The number of amides is 1. The van der Waals surface area contributed by atoms with Crippen LogP contribution in [0.5, 0.6) is 0 Å². The fraction of sp³-hybridized carbons (Fsp3) is 0.0833. The highest BCUT2D eigenvalue weighted by molar-refractivity contribution is 6.08. The quantitative estimate of drug-likeness (QED) is 0.664. The number of nitrogens with two attached hydrogens (primary N) is 1. The van der Waals surface area contributed by atoms with Crippen molar-refractivity contribution in [2.24, 2.45) is 0 Å². The van der Waals surface area contributed by atoms with E-state index in [0.29, 0.717) is 5.82 Å². The third kappa shape index (κ3) is 2.53. The topological polar surface area (TPSA) is 115 Å². The molecule has 0 aromatic carbocycles. The molecule has 0 aliphatic rings. The third-order valence-corrected chi connectivity index (χ3v) is 2.64. The Morgan fingerprint density at radius 2 is 2.15 bits per heavy atom. The van der Waals surface area contributed by atoms with E-state index in [1.807, 2.05) is 0 Å². The van der Waals surface area contributed by atoms with Crippen molar-refractivity contribution in [1.82, 2.24) is 9.97 Å². The van der Waals surface area contributed by atoms with Crippen LogP contribution in [0.3, 0.4) is 0 Å². The van der Waals surface area contributed by atoms with E-state index in [4.69, 9.17) is 5.73 Å². The van der Waals surface area contributed by atoms with Gasteiger partial charge in [0.1, 0.15) is 17.8 Å². The van der Waals surface area contributed by atoms with Crippen molar-refractivity contribution in [3.63, 3.8) is 0 Å². The molecule has 0 aliphatic carbocycles. The minimum absolute atomic E-state index is 0.0349. The Hall–Kier alpha value is -3.03. The Bertz CT molecular complexity index is 659. The number of nitro groups is 1.